The number of nitrogens with zero attached hydrogens (tertiary/aromatic N) is 4. The molecule has 0 fully saturated rings. The molecule has 1 aromatic carbocycles. The summed E-state index contributed by atoms with van der Waals surface area (Å²) in [5.74, 6) is 0.489. The van der Waals surface area contributed by atoms with Gasteiger partial charge in [-0.2, -0.15) is 0 Å². The van der Waals surface area contributed by atoms with Crippen molar-refractivity contribution in [1.82, 2.24) is 19.7 Å². The molecule has 1 unspecified atom stereocenters. The van der Waals surface area contributed by atoms with Gasteiger partial charge in [-0.15, -0.1) is 21.5 Å². The number of aromatic nitrogens is 3. The topological polar surface area (TPSA) is 51.0 Å². The largest absolute Gasteiger partial charge is 0.340 e. The van der Waals surface area contributed by atoms with Gasteiger partial charge in [0.05, 0.1) is 10.1 Å². The number of halogens is 1. The molecule has 2 aromatic heterocycles. The Balaban J connectivity index is 1.69. The van der Waals surface area contributed by atoms with E-state index in [-0.39, 0.29) is 17.0 Å². The molecule has 27 heavy (non-hydrogen) atoms. The van der Waals surface area contributed by atoms with Crippen LogP contribution in [0, 0.1) is 5.82 Å². The van der Waals surface area contributed by atoms with E-state index in [2.05, 4.69) is 10.2 Å². The number of hydrogen-bond acceptors (Lipinski definition) is 5. The summed E-state index contributed by atoms with van der Waals surface area (Å²) < 4.78 is 15.4. The van der Waals surface area contributed by atoms with Crippen LogP contribution in [0.5, 0.6) is 0 Å². The Hall–Kier alpha value is -2.19. The van der Waals surface area contributed by atoms with E-state index in [1.165, 1.54) is 23.9 Å². The van der Waals surface area contributed by atoms with Crippen molar-refractivity contribution in [2.45, 2.75) is 37.3 Å². The molecular formula is C19H21FN4OS2. The minimum absolute atomic E-state index is 0.0346. The maximum Gasteiger partial charge on any atom is 0.235 e. The van der Waals surface area contributed by atoms with Crippen molar-refractivity contribution in [2.24, 2.45) is 0 Å². The lowest BCUT2D eigenvalue weighted by Gasteiger charge is -2.21. The summed E-state index contributed by atoms with van der Waals surface area (Å²) in [6.45, 7) is 4.98. The molecule has 0 N–H and O–H groups in total. The second kappa shape index (κ2) is 8.67. The third kappa shape index (κ3) is 4.56. The molecule has 5 nitrogen and oxygen atoms in total. The molecule has 8 heteroatoms. The van der Waals surface area contributed by atoms with Crippen LogP contribution in [-0.4, -0.2) is 37.9 Å². The van der Waals surface area contributed by atoms with Gasteiger partial charge in [-0.1, -0.05) is 30.0 Å². The van der Waals surface area contributed by atoms with Gasteiger partial charge in [0.15, 0.2) is 11.0 Å². The van der Waals surface area contributed by atoms with Crippen molar-refractivity contribution >= 4 is 29.0 Å². The number of carbonyl (C=O) groups is 1. The standard InChI is InChI=1S/C19H21FN4OS2/c1-4-24-17(16-9-6-10-26-16)21-22-19(24)27-13(2)18(25)23(3)12-14-7-5-8-15(20)11-14/h5-11,13H,4,12H2,1-3H3. The van der Waals surface area contributed by atoms with E-state index >= 15 is 0 Å². The van der Waals surface area contributed by atoms with Gasteiger partial charge in [0, 0.05) is 20.1 Å². The predicted octanol–water partition coefficient (Wildman–Crippen LogP) is 4.30. The molecular weight excluding hydrogens is 383 g/mol. The summed E-state index contributed by atoms with van der Waals surface area (Å²) in [5, 5.41) is 11.0. The van der Waals surface area contributed by atoms with Crippen molar-refractivity contribution in [3.05, 3.63) is 53.2 Å². The Morgan fingerprint density at radius 2 is 2.15 bits per heavy atom. The summed E-state index contributed by atoms with van der Waals surface area (Å²) in [6, 6.07) is 10.3. The van der Waals surface area contributed by atoms with Crippen LogP contribution in [0.1, 0.15) is 19.4 Å². The lowest BCUT2D eigenvalue weighted by Crippen LogP contribution is -2.33. The second-order valence-electron chi connectivity index (χ2n) is 6.11. The highest BCUT2D eigenvalue weighted by Crippen LogP contribution is 2.29. The van der Waals surface area contributed by atoms with Crippen LogP contribution in [0.15, 0.2) is 46.9 Å². The van der Waals surface area contributed by atoms with Crippen LogP contribution < -0.4 is 0 Å². The second-order valence-corrected chi connectivity index (χ2v) is 8.37. The molecule has 1 amide bonds. The van der Waals surface area contributed by atoms with E-state index in [0.29, 0.717) is 6.54 Å². The van der Waals surface area contributed by atoms with Crippen LogP contribution in [0.25, 0.3) is 10.7 Å². The molecule has 0 saturated heterocycles. The van der Waals surface area contributed by atoms with Crippen LogP contribution in [0.2, 0.25) is 0 Å². The first kappa shape index (κ1) is 19.6. The number of thiophene rings is 1. The molecule has 3 rings (SSSR count). The highest BCUT2D eigenvalue weighted by molar-refractivity contribution is 8.00. The van der Waals surface area contributed by atoms with Gasteiger partial charge in [-0.05, 0) is 43.0 Å². The quantitative estimate of drug-likeness (QED) is 0.551. The van der Waals surface area contributed by atoms with Gasteiger partial charge >= 0.3 is 0 Å². The Kier molecular flexibility index (Phi) is 6.28. The minimum atomic E-state index is -0.325. The first-order valence-corrected chi connectivity index (χ1v) is 10.4. The molecule has 0 spiro atoms. The Bertz CT molecular complexity index is 910. The van der Waals surface area contributed by atoms with Crippen molar-refractivity contribution in [3.8, 4) is 10.7 Å². The summed E-state index contributed by atoms with van der Waals surface area (Å²) in [5.41, 5.74) is 0.764. The van der Waals surface area contributed by atoms with Crippen LogP contribution in [-0.2, 0) is 17.9 Å². The van der Waals surface area contributed by atoms with E-state index in [4.69, 9.17) is 0 Å². The van der Waals surface area contributed by atoms with E-state index in [0.717, 1.165) is 28.0 Å². The van der Waals surface area contributed by atoms with Crippen LogP contribution in [0.4, 0.5) is 4.39 Å². The molecule has 0 aliphatic carbocycles. The van der Waals surface area contributed by atoms with Gasteiger partial charge in [0.2, 0.25) is 5.91 Å². The predicted molar refractivity (Wildman–Crippen MR) is 107 cm³/mol. The Labute approximate surface area is 166 Å². The first-order chi connectivity index (χ1) is 13.0. The van der Waals surface area contributed by atoms with Gasteiger partial charge in [-0.3, -0.25) is 4.79 Å². The molecule has 0 aliphatic rings. The van der Waals surface area contributed by atoms with Gasteiger partial charge < -0.3 is 9.47 Å². The summed E-state index contributed by atoms with van der Waals surface area (Å²) in [6.07, 6.45) is 0. The fourth-order valence-electron chi connectivity index (χ4n) is 2.75. The van der Waals surface area contributed by atoms with Crippen molar-refractivity contribution in [2.75, 3.05) is 7.05 Å². The molecule has 3 aromatic rings. The zero-order chi connectivity index (χ0) is 19.4. The number of amides is 1. The zero-order valence-electron chi connectivity index (χ0n) is 15.4. The minimum Gasteiger partial charge on any atom is -0.340 e. The van der Waals surface area contributed by atoms with E-state index in [1.54, 1.807) is 29.4 Å². The third-order valence-electron chi connectivity index (χ3n) is 4.09. The molecule has 0 saturated carbocycles. The summed E-state index contributed by atoms with van der Waals surface area (Å²) >= 11 is 3.00. The SMILES string of the molecule is CCn1c(SC(C)C(=O)N(C)Cc2cccc(F)c2)nnc1-c1cccs1. The maximum atomic E-state index is 13.3. The van der Waals surface area contributed by atoms with Crippen molar-refractivity contribution < 1.29 is 9.18 Å². The van der Waals surface area contributed by atoms with Gasteiger partial charge in [-0.25, -0.2) is 4.39 Å². The lowest BCUT2D eigenvalue weighted by molar-refractivity contribution is -0.129. The smallest absolute Gasteiger partial charge is 0.235 e. The van der Waals surface area contributed by atoms with Crippen LogP contribution >= 0.6 is 23.1 Å². The fourth-order valence-corrected chi connectivity index (χ4v) is 4.50. The number of thioether (sulfide) groups is 1. The lowest BCUT2D eigenvalue weighted by atomic mass is 10.2. The number of hydrogen-bond donors (Lipinski definition) is 0. The normalized spacial score (nSPS) is 12.1. The zero-order valence-corrected chi connectivity index (χ0v) is 17.1. The van der Waals surface area contributed by atoms with E-state index in [1.807, 2.05) is 42.0 Å². The molecule has 0 radical (unpaired) electrons. The monoisotopic (exact) mass is 404 g/mol. The maximum absolute atomic E-state index is 13.3. The van der Waals surface area contributed by atoms with Gasteiger partial charge in [0.25, 0.3) is 0 Å². The summed E-state index contributed by atoms with van der Waals surface area (Å²) in [4.78, 5) is 15.4. The molecule has 0 bridgehead atoms. The molecule has 2 heterocycles. The molecule has 142 valence electrons. The van der Waals surface area contributed by atoms with Crippen molar-refractivity contribution in [3.63, 3.8) is 0 Å². The average Bonchev–Trinajstić information content (AvgIpc) is 3.30. The molecule has 1 atom stereocenters. The third-order valence-corrected chi connectivity index (χ3v) is 6.02. The number of benzene rings is 1. The number of rotatable bonds is 7. The summed E-state index contributed by atoms with van der Waals surface area (Å²) in [7, 11) is 1.73. The van der Waals surface area contributed by atoms with E-state index < -0.39 is 0 Å². The van der Waals surface area contributed by atoms with Crippen molar-refractivity contribution in [1.29, 1.82) is 0 Å². The Morgan fingerprint density at radius 3 is 2.81 bits per heavy atom. The molecule has 0 aliphatic heterocycles. The highest BCUT2D eigenvalue weighted by atomic mass is 32.2. The van der Waals surface area contributed by atoms with Crippen LogP contribution in [0.3, 0.4) is 0 Å². The van der Waals surface area contributed by atoms with Gasteiger partial charge in [0.1, 0.15) is 5.82 Å². The highest BCUT2D eigenvalue weighted by Gasteiger charge is 2.23. The van der Waals surface area contributed by atoms with E-state index in [9.17, 15) is 9.18 Å². The number of carbonyl (C=O) groups excluding carboxylic acids is 1. The first-order valence-electron chi connectivity index (χ1n) is 8.62. The fraction of sp³-hybridized carbons (Fsp3) is 0.316. The average molecular weight is 405 g/mol. The Morgan fingerprint density at radius 1 is 1.33 bits per heavy atom.